The standard InChI is InChI=1S/C15H19N3O2S/c1-10-4-3-5-12(6-10)9-18-14-7-13(16)8-15(11(14)2)21(17,19)20/h3-8,18H,9,16H2,1-2H3,(H2,17,19,20). The van der Waals surface area contributed by atoms with Gasteiger partial charge in [0.2, 0.25) is 10.0 Å². The number of aryl methyl sites for hydroxylation is 1. The smallest absolute Gasteiger partial charge is 0.238 e. The van der Waals surface area contributed by atoms with E-state index in [1.807, 2.05) is 25.1 Å². The molecule has 0 radical (unpaired) electrons. The summed E-state index contributed by atoms with van der Waals surface area (Å²) in [5.41, 5.74) is 9.63. The third kappa shape index (κ3) is 3.74. The molecule has 6 heteroatoms. The molecule has 0 fully saturated rings. The Morgan fingerprint density at radius 2 is 1.86 bits per heavy atom. The molecule has 0 aromatic heterocycles. The fourth-order valence-electron chi connectivity index (χ4n) is 2.21. The first-order chi connectivity index (χ1) is 9.77. The van der Waals surface area contributed by atoms with Gasteiger partial charge >= 0.3 is 0 Å². The number of sulfonamides is 1. The van der Waals surface area contributed by atoms with E-state index in [-0.39, 0.29) is 4.90 Å². The molecule has 0 atom stereocenters. The molecule has 5 N–H and O–H groups in total. The number of anilines is 2. The maximum atomic E-state index is 11.6. The molecule has 2 aromatic rings. The minimum atomic E-state index is -3.79. The Morgan fingerprint density at radius 1 is 1.14 bits per heavy atom. The molecular weight excluding hydrogens is 286 g/mol. The summed E-state index contributed by atoms with van der Waals surface area (Å²) in [6.45, 7) is 4.31. The Kier molecular flexibility index (Phi) is 4.20. The summed E-state index contributed by atoms with van der Waals surface area (Å²) in [4.78, 5) is 0.0502. The van der Waals surface area contributed by atoms with E-state index in [1.54, 1.807) is 13.0 Å². The highest BCUT2D eigenvalue weighted by Crippen LogP contribution is 2.26. The normalized spacial score (nSPS) is 11.4. The molecule has 0 aliphatic heterocycles. The number of benzene rings is 2. The lowest BCUT2D eigenvalue weighted by atomic mass is 10.1. The molecule has 21 heavy (non-hydrogen) atoms. The Morgan fingerprint density at radius 3 is 2.48 bits per heavy atom. The minimum Gasteiger partial charge on any atom is -0.399 e. The van der Waals surface area contributed by atoms with Crippen LogP contribution >= 0.6 is 0 Å². The summed E-state index contributed by atoms with van der Waals surface area (Å²) in [6, 6.07) is 11.2. The Hall–Kier alpha value is -2.05. The van der Waals surface area contributed by atoms with Gasteiger partial charge in [0.05, 0.1) is 4.90 Å². The van der Waals surface area contributed by atoms with E-state index in [2.05, 4.69) is 11.4 Å². The second-order valence-electron chi connectivity index (χ2n) is 5.08. The van der Waals surface area contributed by atoms with E-state index >= 15 is 0 Å². The molecular formula is C15H19N3O2S. The van der Waals surface area contributed by atoms with Gasteiger partial charge in [-0.15, -0.1) is 0 Å². The van der Waals surface area contributed by atoms with Gasteiger partial charge in [-0.1, -0.05) is 29.8 Å². The highest BCUT2D eigenvalue weighted by Gasteiger charge is 2.15. The number of primary sulfonamides is 1. The van der Waals surface area contributed by atoms with Crippen molar-refractivity contribution in [2.75, 3.05) is 11.1 Å². The lowest BCUT2D eigenvalue weighted by molar-refractivity contribution is 0.597. The van der Waals surface area contributed by atoms with Crippen molar-refractivity contribution in [3.8, 4) is 0 Å². The molecule has 112 valence electrons. The van der Waals surface area contributed by atoms with Gasteiger partial charge in [-0.05, 0) is 37.1 Å². The van der Waals surface area contributed by atoms with Gasteiger partial charge in [-0.3, -0.25) is 0 Å². The first-order valence-electron chi connectivity index (χ1n) is 6.50. The van der Waals surface area contributed by atoms with E-state index in [0.29, 0.717) is 23.5 Å². The van der Waals surface area contributed by atoms with Crippen molar-refractivity contribution in [2.24, 2.45) is 5.14 Å². The second-order valence-corrected chi connectivity index (χ2v) is 6.61. The Balaban J connectivity index is 2.31. The van der Waals surface area contributed by atoms with Crippen molar-refractivity contribution in [3.63, 3.8) is 0 Å². The van der Waals surface area contributed by atoms with Gasteiger partial charge in [-0.25, -0.2) is 13.6 Å². The van der Waals surface area contributed by atoms with Crippen LogP contribution < -0.4 is 16.2 Å². The van der Waals surface area contributed by atoms with Crippen LogP contribution in [0.4, 0.5) is 11.4 Å². The van der Waals surface area contributed by atoms with E-state index in [0.717, 1.165) is 5.56 Å². The first kappa shape index (κ1) is 15.3. The van der Waals surface area contributed by atoms with Crippen LogP contribution in [0.2, 0.25) is 0 Å². The fourth-order valence-corrected chi connectivity index (χ4v) is 3.04. The van der Waals surface area contributed by atoms with Gasteiger partial charge in [0.1, 0.15) is 0 Å². The number of hydrogen-bond acceptors (Lipinski definition) is 4. The van der Waals surface area contributed by atoms with Gasteiger partial charge in [0, 0.05) is 17.9 Å². The molecule has 0 saturated heterocycles. The van der Waals surface area contributed by atoms with E-state index in [4.69, 9.17) is 10.9 Å². The molecule has 0 bridgehead atoms. The van der Waals surface area contributed by atoms with Crippen molar-refractivity contribution in [1.82, 2.24) is 0 Å². The summed E-state index contributed by atoms with van der Waals surface area (Å²) in [7, 11) is -3.79. The third-order valence-corrected chi connectivity index (χ3v) is 4.29. The van der Waals surface area contributed by atoms with Crippen LogP contribution in [-0.2, 0) is 16.6 Å². The van der Waals surface area contributed by atoms with Crippen LogP contribution in [0.1, 0.15) is 16.7 Å². The van der Waals surface area contributed by atoms with Crippen LogP contribution in [0.3, 0.4) is 0 Å². The van der Waals surface area contributed by atoms with Crippen LogP contribution in [0.5, 0.6) is 0 Å². The molecule has 0 aliphatic carbocycles. The average molecular weight is 305 g/mol. The second kappa shape index (κ2) is 5.75. The first-order valence-corrected chi connectivity index (χ1v) is 8.04. The highest BCUT2D eigenvalue weighted by atomic mass is 32.2. The van der Waals surface area contributed by atoms with Crippen molar-refractivity contribution in [3.05, 3.63) is 53.1 Å². The molecule has 0 amide bonds. The third-order valence-electron chi connectivity index (χ3n) is 3.25. The monoisotopic (exact) mass is 305 g/mol. The highest BCUT2D eigenvalue weighted by molar-refractivity contribution is 7.89. The van der Waals surface area contributed by atoms with E-state index in [1.165, 1.54) is 11.6 Å². The lowest BCUT2D eigenvalue weighted by Gasteiger charge is -2.14. The number of nitrogen functional groups attached to an aromatic ring is 1. The Bertz CT molecular complexity index is 770. The number of rotatable bonds is 4. The van der Waals surface area contributed by atoms with Crippen LogP contribution in [0.25, 0.3) is 0 Å². The summed E-state index contributed by atoms with van der Waals surface area (Å²) in [6.07, 6.45) is 0. The average Bonchev–Trinajstić information content (AvgIpc) is 2.38. The molecule has 5 nitrogen and oxygen atoms in total. The summed E-state index contributed by atoms with van der Waals surface area (Å²) < 4.78 is 23.1. The molecule has 0 unspecified atom stereocenters. The van der Waals surface area contributed by atoms with Gasteiger partial charge in [-0.2, -0.15) is 0 Å². The number of hydrogen-bond donors (Lipinski definition) is 3. The molecule has 0 saturated carbocycles. The zero-order valence-electron chi connectivity index (χ0n) is 12.1. The lowest BCUT2D eigenvalue weighted by Crippen LogP contribution is -2.15. The Labute approximate surface area is 125 Å². The van der Waals surface area contributed by atoms with E-state index < -0.39 is 10.0 Å². The fraction of sp³-hybridized carbons (Fsp3) is 0.200. The number of nitrogens with one attached hydrogen (secondary N) is 1. The van der Waals surface area contributed by atoms with Gasteiger partial charge in [0.25, 0.3) is 0 Å². The topological polar surface area (TPSA) is 98.2 Å². The quantitative estimate of drug-likeness (QED) is 0.754. The zero-order valence-corrected chi connectivity index (χ0v) is 12.9. The molecule has 0 aliphatic rings. The number of nitrogens with two attached hydrogens (primary N) is 2. The van der Waals surface area contributed by atoms with Crippen LogP contribution in [0.15, 0.2) is 41.3 Å². The zero-order chi connectivity index (χ0) is 15.6. The van der Waals surface area contributed by atoms with E-state index in [9.17, 15) is 8.42 Å². The van der Waals surface area contributed by atoms with Gasteiger partial charge < -0.3 is 11.1 Å². The van der Waals surface area contributed by atoms with Crippen LogP contribution in [-0.4, -0.2) is 8.42 Å². The molecule has 2 aromatic carbocycles. The summed E-state index contributed by atoms with van der Waals surface area (Å²) in [5, 5.41) is 8.42. The predicted molar refractivity (Wildman–Crippen MR) is 85.5 cm³/mol. The summed E-state index contributed by atoms with van der Waals surface area (Å²) >= 11 is 0. The van der Waals surface area contributed by atoms with Crippen molar-refractivity contribution in [1.29, 1.82) is 0 Å². The maximum absolute atomic E-state index is 11.6. The van der Waals surface area contributed by atoms with Crippen molar-refractivity contribution >= 4 is 21.4 Å². The molecule has 2 rings (SSSR count). The molecule has 0 spiro atoms. The van der Waals surface area contributed by atoms with Crippen molar-refractivity contribution < 1.29 is 8.42 Å². The summed E-state index contributed by atoms with van der Waals surface area (Å²) in [5.74, 6) is 0. The largest absolute Gasteiger partial charge is 0.399 e. The van der Waals surface area contributed by atoms with Crippen molar-refractivity contribution in [2.45, 2.75) is 25.3 Å². The molecule has 0 heterocycles. The van der Waals surface area contributed by atoms with Crippen LogP contribution in [0, 0.1) is 13.8 Å². The maximum Gasteiger partial charge on any atom is 0.238 e. The minimum absolute atomic E-state index is 0.0502. The SMILES string of the molecule is Cc1cccc(CNc2cc(N)cc(S(N)(=O)=O)c2C)c1. The van der Waals surface area contributed by atoms with Gasteiger partial charge in [0.15, 0.2) is 0 Å². The predicted octanol–water partition coefficient (Wildman–Crippen LogP) is 2.15.